The van der Waals surface area contributed by atoms with E-state index in [1.165, 1.54) is 5.56 Å². The van der Waals surface area contributed by atoms with Crippen molar-refractivity contribution >= 4 is 23.2 Å². The SMILES string of the molecule is CN(CC1CSC(c2cccnc2)N1)c1cccc(C(=O)c2ccccc2)c1. The Morgan fingerprint density at radius 3 is 2.71 bits per heavy atom. The van der Waals surface area contributed by atoms with Gasteiger partial charge in [0, 0.05) is 54.6 Å². The van der Waals surface area contributed by atoms with Gasteiger partial charge < -0.3 is 4.90 Å². The van der Waals surface area contributed by atoms with Crippen molar-refractivity contribution < 1.29 is 4.79 Å². The van der Waals surface area contributed by atoms with Crippen LogP contribution in [0.4, 0.5) is 5.69 Å². The molecule has 0 spiro atoms. The molecule has 1 aromatic heterocycles. The fraction of sp³-hybridized carbons (Fsp3) is 0.217. The molecule has 2 atom stereocenters. The standard InChI is InChI=1S/C23H23N3OS/c1-26(15-20-16-28-23(25-20)19-10-6-12-24-14-19)21-11-5-9-18(13-21)22(27)17-7-3-2-4-8-17/h2-14,20,23,25H,15-16H2,1H3. The van der Waals surface area contributed by atoms with Crippen molar-refractivity contribution in [1.82, 2.24) is 10.3 Å². The maximum absolute atomic E-state index is 12.7. The number of benzene rings is 2. The van der Waals surface area contributed by atoms with E-state index in [1.54, 1.807) is 6.20 Å². The first-order valence-corrected chi connectivity index (χ1v) is 10.4. The van der Waals surface area contributed by atoms with Crippen LogP contribution in [0.3, 0.4) is 0 Å². The molecule has 0 amide bonds. The van der Waals surface area contributed by atoms with Crippen molar-refractivity contribution in [3.63, 3.8) is 0 Å². The van der Waals surface area contributed by atoms with Gasteiger partial charge in [0.25, 0.3) is 0 Å². The topological polar surface area (TPSA) is 45.2 Å². The number of rotatable bonds is 6. The Morgan fingerprint density at radius 1 is 1.11 bits per heavy atom. The Bertz CT molecular complexity index is 933. The van der Waals surface area contributed by atoms with Crippen LogP contribution in [-0.4, -0.2) is 36.2 Å². The zero-order chi connectivity index (χ0) is 19.3. The smallest absolute Gasteiger partial charge is 0.193 e. The predicted octanol–water partition coefficient (Wildman–Crippen LogP) is 4.15. The summed E-state index contributed by atoms with van der Waals surface area (Å²) in [7, 11) is 2.08. The predicted molar refractivity (Wildman–Crippen MR) is 116 cm³/mol. The van der Waals surface area contributed by atoms with Gasteiger partial charge in [0.05, 0.1) is 5.37 Å². The lowest BCUT2D eigenvalue weighted by molar-refractivity contribution is 0.103. The minimum atomic E-state index is 0.0574. The maximum atomic E-state index is 12.7. The van der Waals surface area contributed by atoms with Crippen molar-refractivity contribution in [1.29, 1.82) is 0 Å². The number of carbonyl (C=O) groups is 1. The minimum absolute atomic E-state index is 0.0574. The van der Waals surface area contributed by atoms with E-state index in [-0.39, 0.29) is 11.2 Å². The first kappa shape index (κ1) is 18.7. The Morgan fingerprint density at radius 2 is 1.93 bits per heavy atom. The molecular weight excluding hydrogens is 366 g/mol. The number of nitrogens with one attached hydrogen (secondary N) is 1. The summed E-state index contributed by atoms with van der Waals surface area (Å²) in [5.41, 5.74) is 3.71. The van der Waals surface area contributed by atoms with Gasteiger partial charge in [0.2, 0.25) is 0 Å². The summed E-state index contributed by atoms with van der Waals surface area (Å²) in [6.45, 7) is 0.882. The molecule has 5 heteroatoms. The largest absolute Gasteiger partial charge is 0.373 e. The van der Waals surface area contributed by atoms with Crippen LogP contribution >= 0.6 is 11.8 Å². The van der Waals surface area contributed by atoms with Crippen molar-refractivity contribution in [3.05, 3.63) is 95.8 Å². The molecule has 0 aliphatic carbocycles. The van der Waals surface area contributed by atoms with Crippen molar-refractivity contribution in [2.75, 3.05) is 24.2 Å². The number of nitrogens with zero attached hydrogens (tertiary/aromatic N) is 2. The maximum Gasteiger partial charge on any atom is 0.193 e. The molecule has 1 saturated heterocycles. The van der Waals surface area contributed by atoms with Crippen molar-refractivity contribution in [2.24, 2.45) is 0 Å². The number of thioether (sulfide) groups is 1. The molecule has 1 aliphatic rings. The molecule has 3 aromatic rings. The highest BCUT2D eigenvalue weighted by molar-refractivity contribution is 7.99. The van der Waals surface area contributed by atoms with Crippen molar-refractivity contribution in [3.8, 4) is 0 Å². The van der Waals surface area contributed by atoms with Gasteiger partial charge in [-0.25, -0.2) is 0 Å². The molecule has 2 aromatic carbocycles. The molecule has 0 radical (unpaired) electrons. The Balaban J connectivity index is 1.42. The van der Waals surface area contributed by atoms with Gasteiger partial charge in [-0.3, -0.25) is 15.1 Å². The molecule has 2 unspecified atom stereocenters. The second-order valence-corrected chi connectivity index (χ2v) is 8.13. The molecule has 142 valence electrons. The summed E-state index contributed by atoms with van der Waals surface area (Å²) in [5, 5.41) is 3.98. The highest BCUT2D eigenvalue weighted by Gasteiger charge is 2.26. The molecule has 4 rings (SSSR count). The van der Waals surface area contributed by atoms with E-state index in [2.05, 4.69) is 34.4 Å². The number of aromatic nitrogens is 1. The fourth-order valence-corrected chi connectivity index (χ4v) is 4.68. The van der Waals surface area contributed by atoms with Gasteiger partial charge in [0.15, 0.2) is 5.78 Å². The molecular formula is C23H23N3OS. The average molecular weight is 390 g/mol. The van der Waals surface area contributed by atoms with Gasteiger partial charge in [0.1, 0.15) is 0 Å². The third-order valence-electron chi connectivity index (χ3n) is 4.92. The summed E-state index contributed by atoms with van der Waals surface area (Å²) >= 11 is 1.91. The fourth-order valence-electron chi connectivity index (χ4n) is 3.43. The molecule has 1 aliphatic heterocycles. The molecule has 1 N–H and O–H groups in total. The Hall–Kier alpha value is -2.63. The van der Waals surface area contributed by atoms with Crippen LogP contribution in [0.5, 0.6) is 0 Å². The number of likely N-dealkylation sites (N-methyl/N-ethyl adjacent to an activating group) is 1. The van der Waals surface area contributed by atoms with Gasteiger partial charge >= 0.3 is 0 Å². The molecule has 4 nitrogen and oxygen atoms in total. The zero-order valence-corrected chi connectivity index (χ0v) is 16.6. The third kappa shape index (κ3) is 4.26. The summed E-state index contributed by atoms with van der Waals surface area (Å²) in [5.74, 6) is 1.11. The summed E-state index contributed by atoms with van der Waals surface area (Å²) < 4.78 is 0. The van der Waals surface area contributed by atoms with Crippen LogP contribution in [0.2, 0.25) is 0 Å². The van der Waals surface area contributed by atoms with Crippen LogP contribution < -0.4 is 10.2 Å². The first-order chi connectivity index (χ1) is 13.7. The first-order valence-electron chi connectivity index (χ1n) is 9.39. The zero-order valence-electron chi connectivity index (χ0n) is 15.8. The highest BCUT2D eigenvalue weighted by Crippen LogP contribution is 2.32. The summed E-state index contributed by atoms with van der Waals surface area (Å²) in [6.07, 6.45) is 3.73. The lowest BCUT2D eigenvalue weighted by atomic mass is 10.0. The molecule has 2 heterocycles. The number of ketones is 1. The number of pyridine rings is 1. The lowest BCUT2D eigenvalue weighted by Gasteiger charge is -2.24. The molecule has 1 fully saturated rings. The number of hydrogen-bond acceptors (Lipinski definition) is 5. The Labute approximate surface area is 170 Å². The third-order valence-corrected chi connectivity index (χ3v) is 6.25. The summed E-state index contributed by atoms with van der Waals surface area (Å²) in [4.78, 5) is 19.2. The lowest BCUT2D eigenvalue weighted by Crippen LogP contribution is -2.37. The van der Waals surface area contributed by atoms with Crippen LogP contribution in [0.1, 0.15) is 26.9 Å². The number of hydrogen-bond donors (Lipinski definition) is 1. The van der Waals surface area contributed by atoms with Crippen molar-refractivity contribution in [2.45, 2.75) is 11.4 Å². The average Bonchev–Trinajstić information content (AvgIpc) is 3.23. The van der Waals surface area contributed by atoms with Crippen LogP contribution in [0.15, 0.2) is 79.1 Å². The van der Waals surface area contributed by atoms with E-state index in [9.17, 15) is 4.79 Å². The van der Waals surface area contributed by atoms with E-state index in [0.29, 0.717) is 6.04 Å². The molecule has 0 bridgehead atoms. The van der Waals surface area contributed by atoms with E-state index >= 15 is 0 Å². The highest BCUT2D eigenvalue weighted by atomic mass is 32.2. The van der Waals surface area contributed by atoms with Gasteiger partial charge in [-0.2, -0.15) is 0 Å². The minimum Gasteiger partial charge on any atom is -0.373 e. The van der Waals surface area contributed by atoms with Crippen LogP contribution in [0, 0.1) is 0 Å². The Kier molecular flexibility index (Phi) is 5.74. The normalized spacial score (nSPS) is 18.8. The molecule has 0 saturated carbocycles. The van der Waals surface area contributed by atoms with Crippen LogP contribution in [0.25, 0.3) is 0 Å². The van der Waals surface area contributed by atoms with E-state index in [0.717, 1.165) is 29.1 Å². The number of carbonyl (C=O) groups excluding carboxylic acids is 1. The number of anilines is 1. The monoisotopic (exact) mass is 389 g/mol. The van der Waals surface area contributed by atoms with Crippen LogP contribution in [-0.2, 0) is 0 Å². The molecule has 28 heavy (non-hydrogen) atoms. The van der Waals surface area contributed by atoms with E-state index in [4.69, 9.17) is 0 Å². The van der Waals surface area contributed by atoms with Gasteiger partial charge in [-0.1, -0.05) is 48.5 Å². The summed E-state index contributed by atoms with van der Waals surface area (Å²) in [6, 6.07) is 21.8. The van der Waals surface area contributed by atoms with E-state index in [1.807, 2.05) is 72.6 Å². The second-order valence-electron chi connectivity index (χ2n) is 6.99. The second kappa shape index (κ2) is 8.59. The van der Waals surface area contributed by atoms with E-state index < -0.39 is 0 Å². The quantitative estimate of drug-likeness (QED) is 0.642. The van der Waals surface area contributed by atoms with Gasteiger partial charge in [-0.05, 0) is 23.8 Å². The van der Waals surface area contributed by atoms with Gasteiger partial charge in [-0.15, -0.1) is 11.8 Å².